The van der Waals surface area contributed by atoms with Gasteiger partial charge >= 0.3 is 5.97 Å². The molecule has 9 heteroatoms. The molecule has 1 aliphatic rings. The SMILES string of the molecule is CCC1[C@@H](O[Si](CC)(CC)C(C)C)[C@H](C)C/C=C/C=C/[C@H](OC)C([C@@H](C)C=O)OC(=O)/C(OC)=C/C(C)=C/[C@@H](C)[C@H]1O[Si](CC)(CC)C(C)C. The number of carbonyl (C=O) groups is 2. The highest BCUT2D eigenvalue weighted by atomic mass is 28.4. The molecule has 2 unspecified atom stereocenters. The van der Waals surface area contributed by atoms with E-state index in [1.54, 1.807) is 20.1 Å². The number of aldehydes is 1. The van der Waals surface area contributed by atoms with Crippen molar-refractivity contribution in [2.45, 2.75) is 163 Å². The van der Waals surface area contributed by atoms with E-state index in [1.165, 1.54) is 7.11 Å². The molecule has 0 saturated carbocycles. The van der Waals surface area contributed by atoms with Gasteiger partial charge in [-0.15, -0.1) is 0 Å². The summed E-state index contributed by atoms with van der Waals surface area (Å²) in [5.74, 6) is -0.722. The van der Waals surface area contributed by atoms with E-state index < -0.39 is 40.7 Å². The second-order valence-corrected chi connectivity index (χ2v) is 25.0. The quantitative estimate of drug-likeness (QED) is 0.0941. The van der Waals surface area contributed by atoms with Crippen molar-refractivity contribution < 1.29 is 32.7 Å². The first-order valence-electron chi connectivity index (χ1n) is 19.4. The Hall–Kier alpha value is -1.79. The van der Waals surface area contributed by atoms with E-state index in [1.807, 2.05) is 25.2 Å². The van der Waals surface area contributed by atoms with Gasteiger partial charge in [-0.05, 0) is 72.9 Å². The number of allylic oxidation sites excluding steroid dienone is 5. The number of hydrogen-bond donors (Lipinski definition) is 0. The lowest BCUT2D eigenvalue weighted by Crippen LogP contribution is -2.54. The Kier molecular flexibility index (Phi) is 20.6. The highest BCUT2D eigenvalue weighted by Gasteiger charge is 2.46. The lowest BCUT2D eigenvalue weighted by molar-refractivity contribution is -0.157. The van der Waals surface area contributed by atoms with E-state index in [2.05, 4.69) is 88.3 Å². The summed E-state index contributed by atoms with van der Waals surface area (Å²) in [4.78, 5) is 25.4. The highest BCUT2D eigenvalue weighted by Crippen LogP contribution is 2.42. The zero-order valence-corrected chi connectivity index (χ0v) is 36.4. The van der Waals surface area contributed by atoms with Crippen molar-refractivity contribution in [3.8, 4) is 0 Å². The molecule has 0 saturated heterocycles. The fourth-order valence-electron chi connectivity index (χ4n) is 7.84. The molecule has 1 rings (SSSR count). The molecule has 0 amide bonds. The number of methoxy groups -OCH3 is 2. The van der Waals surface area contributed by atoms with Crippen LogP contribution < -0.4 is 0 Å². The van der Waals surface area contributed by atoms with Gasteiger partial charge in [-0.3, -0.25) is 0 Å². The molecule has 0 aromatic heterocycles. The molecule has 288 valence electrons. The summed E-state index contributed by atoms with van der Waals surface area (Å²) in [5, 5.41) is 0. The van der Waals surface area contributed by atoms with Crippen molar-refractivity contribution in [2.24, 2.45) is 23.7 Å². The molecule has 0 aromatic carbocycles. The number of rotatable bonds is 15. The first-order valence-corrected chi connectivity index (χ1v) is 24.2. The van der Waals surface area contributed by atoms with E-state index in [-0.39, 0.29) is 35.7 Å². The Morgan fingerprint density at radius 3 is 1.86 bits per heavy atom. The van der Waals surface area contributed by atoms with Crippen LogP contribution in [0.5, 0.6) is 0 Å². The van der Waals surface area contributed by atoms with Crippen LogP contribution in [0.3, 0.4) is 0 Å². The zero-order valence-electron chi connectivity index (χ0n) is 34.4. The molecule has 0 fully saturated rings. The number of ether oxygens (including phenoxy) is 3. The molecule has 0 N–H and O–H groups in total. The molecule has 7 nitrogen and oxygen atoms in total. The van der Waals surface area contributed by atoms with Crippen molar-refractivity contribution in [2.75, 3.05) is 14.2 Å². The molecule has 0 spiro atoms. The highest BCUT2D eigenvalue weighted by molar-refractivity contribution is 6.75. The van der Waals surface area contributed by atoms with Crippen LogP contribution in [0.4, 0.5) is 0 Å². The predicted molar refractivity (Wildman–Crippen MR) is 213 cm³/mol. The van der Waals surface area contributed by atoms with Gasteiger partial charge in [-0.1, -0.05) is 119 Å². The van der Waals surface area contributed by atoms with E-state index >= 15 is 0 Å². The van der Waals surface area contributed by atoms with Gasteiger partial charge in [0.05, 0.1) is 25.2 Å². The molecule has 0 radical (unpaired) electrons. The van der Waals surface area contributed by atoms with Crippen molar-refractivity contribution in [1.82, 2.24) is 0 Å². The zero-order chi connectivity index (χ0) is 38.2. The third-order valence-electron chi connectivity index (χ3n) is 11.6. The minimum atomic E-state index is -2.13. The van der Waals surface area contributed by atoms with Gasteiger partial charge in [0.1, 0.15) is 18.5 Å². The summed E-state index contributed by atoms with van der Waals surface area (Å²) in [6, 6.07) is 4.26. The first kappa shape index (κ1) is 46.2. The van der Waals surface area contributed by atoms with Crippen LogP contribution in [0.15, 0.2) is 47.8 Å². The van der Waals surface area contributed by atoms with E-state index in [0.717, 1.165) is 48.9 Å². The Balaban J connectivity index is 4.12. The number of carbonyl (C=O) groups excluding carboxylic acids is 2. The van der Waals surface area contributed by atoms with Crippen LogP contribution in [0.1, 0.15) is 103 Å². The summed E-state index contributed by atoms with van der Waals surface area (Å²) >= 11 is 0. The average Bonchev–Trinajstić information content (AvgIpc) is 3.09. The maximum Gasteiger partial charge on any atom is 0.373 e. The van der Waals surface area contributed by atoms with Crippen LogP contribution in [0.25, 0.3) is 0 Å². The standard InChI is InChI=1S/C41H74O7Si2/c1-16-35-38(47-49(17-2,18-3)29(6)7)32(11)24-22-21-23-25-36(44-14)40(34(13)28-42)46-41(43)37(45-15)27-31(10)26-33(12)39(35)48-50(19-4,20-5)30(8)9/h21-23,25-30,32-36,38-40H,16-20,24H2,1-15H3/b22-21+,25-23+,31-26+,37-27-/t32-,33-,34+,35?,36+,38+,39-,40?/m1/s1. The number of esters is 1. The van der Waals surface area contributed by atoms with Crippen molar-refractivity contribution in [3.05, 3.63) is 47.8 Å². The molecular formula is C41H74O7Si2. The molecule has 50 heavy (non-hydrogen) atoms. The smallest absolute Gasteiger partial charge is 0.373 e. The van der Waals surface area contributed by atoms with Gasteiger partial charge in [0.2, 0.25) is 5.76 Å². The topological polar surface area (TPSA) is 80.3 Å². The Morgan fingerprint density at radius 1 is 0.880 bits per heavy atom. The van der Waals surface area contributed by atoms with E-state index in [9.17, 15) is 9.59 Å². The van der Waals surface area contributed by atoms with Crippen molar-refractivity contribution >= 4 is 28.9 Å². The van der Waals surface area contributed by atoms with Gasteiger partial charge in [0, 0.05) is 13.0 Å². The largest absolute Gasteiger partial charge is 0.490 e. The molecule has 0 aliphatic carbocycles. The second-order valence-electron chi connectivity index (χ2n) is 15.2. The number of cyclic esters (lactones) is 1. The molecule has 1 heterocycles. The summed E-state index contributed by atoms with van der Waals surface area (Å²) in [6.07, 6.45) is 13.0. The fourth-order valence-corrected chi connectivity index (χ4v) is 15.2. The van der Waals surface area contributed by atoms with Crippen molar-refractivity contribution in [3.63, 3.8) is 0 Å². The summed E-state index contributed by atoms with van der Waals surface area (Å²) < 4.78 is 32.5. The van der Waals surface area contributed by atoms with Crippen LogP contribution in [0.2, 0.25) is 35.3 Å². The number of hydrogen-bond acceptors (Lipinski definition) is 7. The van der Waals surface area contributed by atoms with E-state index in [0.29, 0.717) is 11.1 Å². The van der Waals surface area contributed by atoms with Gasteiger partial charge in [0.25, 0.3) is 0 Å². The van der Waals surface area contributed by atoms with Gasteiger partial charge in [0.15, 0.2) is 16.6 Å². The summed E-state index contributed by atoms with van der Waals surface area (Å²) in [7, 11) is -1.19. The second kappa shape index (κ2) is 22.3. The van der Waals surface area contributed by atoms with Crippen LogP contribution in [-0.2, 0) is 32.7 Å². The van der Waals surface area contributed by atoms with Crippen LogP contribution in [-0.4, -0.2) is 67.5 Å². The maximum atomic E-state index is 13.5. The molecule has 0 aromatic rings. The molecule has 1 aliphatic heterocycles. The van der Waals surface area contributed by atoms with Gasteiger partial charge < -0.3 is 27.9 Å². The summed E-state index contributed by atoms with van der Waals surface area (Å²) in [5.41, 5.74) is 1.84. The van der Waals surface area contributed by atoms with Crippen LogP contribution in [0, 0.1) is 23.7 Å². The average molecular weight is 735 g/mol. The predicted octanol–water partition coefficient (Wildman–Crippen LogP) is 10.6. The van der Waals surface area contributed by atoms with E-state index in [4.69, 9.17) is 23.1 Å². The summed E-state index contributed by atoms with van der Waals surface area (Å²) in [6.45, 7) is 29.2. The monoisotopic (exact) mass is 734 g/mol. The molecule has 0 bridgehead atoms. The lowest BCUT2D eigenvalue weighted by atomic mass is 9.80. The Bertz CT molecular complexity index is 1140. The van der Waals surface area contributed by atoms with Gasteiger partial charge in [-0.25, -0.2) is 4.79 Å². The van der Waals surface area contributed by atoms with Gasteiger partial charge in [-0.2, -0.15) is 0 Å². The lowest BCUT2D eigenvalue weighted by Gasteiger charge is -2.48. The Morgan fingerprint density at radius 2 is 1.42 bits per heavy atom. The third-order valence-corrected chi connectivity index (χ3v) is 22.0. The maximum absolute atomic E-state index is 13.5. The normalized spacial score (nSPS) is 30.7. The minimum Gasteiger partial charge on any atom is -0.490 e. The van der Waals surface area contributed by atoms with Crippen LogP contribution >= 0.6 is 0 Å². The fraction of sp³-hybridized carbons (Fsp3) is 0.756. The molecular weight excluding hydrogens is 661 g/mol. The first-order chi connectivity index (χ1) is 23.6. The minimum absolute atomic E-state index is 0.0137. The van der Waals surface area contributed by atoms with Crippen molar-refractivity contribution in [1.29, 1.82) is 0 Å². The third kappa shape index (κ3) is 12.1. The molecule has 8 atom stereocenters. The Labute approximate surface area is 308 Å².